The van der Waals surface area contributed by atoms with Crippen molar-refractivity contribution in [2.24, 2.45) is 0 Å². The summed E-state index contributed by atoms with van der Waals surface area (Å²) in [6, 6.07) is 1.61. The molecule has 0 aliphatic carbocycles. The molecule has 0 saturated heterocycles. The van der Waals surface area contributed by atoms with Crippen LogP contribution in [0.15, 0.2) is 12.3 Å². The summed E-state index contributed by atoms with van der Waals surface area (Å²) in [6.07, 6.45) is 1.22. The maximum absolute atomic E-state index is 10.6. The number of nitro groups is 1. The number of aliphatic hydroxyl groups is 1. The van der Waals surface area contributed by atoms with Crippen molar-refractivity contribution in [2.75, 3.05) is 25.6 Å². The highest BCUT2D eigenvalue weighted by atomic mass is 16.6. The summed E-state index contributed by atoms with van der Waals surface area (Å²) in [7, 11) is 1.53. The van der Waals surface area contributed by atoms with Crippen molar-refractivity contribution in [3.63, 3.8) is 0 Å². The molecule has 18 heavy (non-hydrogen) atoms. The zero-order valence-electron chi connectivity index (χ0n) is 10.4. The van der Waals surface area contributed by atoms with E-state index in [-0.39, 0.29) is 12.3 Å². The van der Waals surface area contributed by atoms with E-state index >= 15 is 0 Å². The van der Waals surface area contributed by atoms with E-state index < -0.39 is 11.0 Å². The van der Waals surface area contributed by atoms with Gasteiger partial charge in [0.15, 0.2) is 0 Å². The van der Waals surface area contributed by atoms with E-state index in [9.17, 15) is 15.2 Å². The zero-order valence-corrected chi connectivity index (χ0v) is 10.4. The Hall–Kier alpha value is -1.73. The second-order valence-corrected chi connectivity index (χ2v) is 3.94. The van der Waals surface area contributed by atoms with Crippen molar-refractivity contribution >= 4 is 11.5 Å². The summed E-state index contributed by atoms with van der Waals surface area (Å²) >= 11 is 0. The van der Waals surface area contributed by atoms with Crippen molar-refractivity contribution in [1.29, 1.82) is 0 Å². The molecule has 1 unspecified atom stereocenters. The van der Waals surface area contributed by atoms with Crippen LogP contribution in [0.5, 0.6) is 0 Å². The van der Waals surface area contributed by atoms with Gasteiger partial charge in [-0.3, -0.25) is 10.1 Å². The van der Waals surface area contributed by atoms with Crippen LogP contribution in [0.1, 0.15) is 12.0 Å². The van der Waals surface area contributed by atoms with Gasteiger partial charge in [-0.1, -0.05) is 0 Å². The van der Waals surface area contributed by atoms with E-state index in [2.05, 4.69) is 10.3 Å². The Kier molecular flexibility index (Phi) is 5.47. The molecule has 0 aliphatic rings. The fourth-order valence-corrected chi connectivity index (χ4v) is 1.48. The van der Waals surface area contributed by atoms with Crippen molar-refractivity contribution < 1.29 is 14.8 Å². The molecule has 1 aromatic rings. The lowest BCUT2D eigenvalue weighted by Crippen LogP contribution is -2.18. The minimum absolute atomic E-state index is 0.0000299. The Bertz CT molecular complexity index is 411. The van der Waals surface area contributed by atoms with Gasteiger partial charge in [0.25, 0.3) is 5.69 Å². The number of aryl methyl sites for hydroxylation is 1. The molecular weight excluding hydrogens is 238 g/mol. The number of methoxy groups -OCH3 is 1. The minimum atomic E-state index is -0.526. The van der Waals surface area contributed by atoms with Gasteiger partial charge in [-0.15, -0.1) is 0 Å². The second kappa shape index (κ2) is 6.87. The van der Waals surface area contributed by atoms with Gasteiger partial charge in [-0.2, -0.15) is 0 Å². The number of rotatable bonds is 7. The normalized spacial score (nSPS) is 12.2. The SMILES string of the molecule is COCC(O)CCNc1cc(C)c([N+](=O)[O-])cn1. The highest BCUT2D eigenvalue weighted by molar-refractivity contribution is 5.46. The number of aliphatic hydroxyl groups excluding tert-OH is 1. The van der Waals surface area contributed by atoms with Crippen molar-refractivity contribution in [2.45, 2.75) is 19.4 Å². The highest BCUT2D eigenvalue weighted by Crippen LogP contribution is 2.18. The fraction of sp³-hybridized carbons (Fsp3) is 0.545. The van der Waals surface area contributed by atoms with Crippen molar-refractivity contribution in [1.82, 2.24) is 4.98 Å². The summed E-state index contributed by atoms with van der Waals surface area (Å²) < 4.78 is 4.80. The van der Waals surface area contributed by atoms with Gasteiger partial charge in [0.05, 0.1) is 17.6 Å². The molecule has 100 valence electrons. The molecule has 7 heteroatoms. The first-order chi connectivity index (χ1) is 8.54. The molecule has 0 aliphatic heterocycles. The number of ether oxygens (including phenoxy) is 1. The van der Waals surface area contributed by atoms with E-state index in [1.165, 1.54) is 13.3 Å². The number of nitrogens with one attached hydrogen (secondary N) is 1. The average Bonchev–Trinajstić information content (AvgIpc) is 2.29. The molecule has 2 N–H and O–H groups in total. The number of anilines is 1. The lowest BCUT2D eigenvalue weighted by Gasteiger charge is -2.10. The van der Waals surface area contributed by atoms with Gasteiger partial charge in [-0.05, 0) is 19.4 Å². The number of nitrogens with zero attached hydrogens (tertiary/aromatic N) is 2. The first-order valence-corrected chi connectivity index (χ1v) is 5.56. The molecule has 0 aromatic carbocycles. The molecule has 0 bridgehead atoms. The second-order valence-electron chi connectivity index (χ2n) is 3.94. The van der Waals surface area contributed by atoms with Gasteiger partial charge in [-0.25, -0.2) is 4.98 Å². The van der Waals surface area contributed by atoms with Crippen molar-refractivity contribution in [3.8, 4) is 0 Å². The topological polar surface area (TPSA) is 97.5 Å². The Morgan fingerprint density at radius 2 is 2.39 bits per heavy atom. The molecule has 1 atom stereocenters. The van der Waals surface area contributed by atoms with Crippen LogP contribution in [-0.2, 0) is 4.74 Å². The molecule has 0 saturated carbocycles. The lowest BCUT2D eigenvalue weighted by atomic mass is 10.2. The van der Waals surface area contributed by atoms with E-state index in [1.54, 1.807) is 13.0 Å². The number of aromatic nitrogens is 1. The first-order valence-electron chi connectivity index (χ1n) is 5.56. The molecule has 0 spiro atoms. The van der Waals surface area contributed by atoms with E-state index in [4.69, 9.17) is 4.74 Å². The van der Waals surface area contributed by atoms with Crippen LogP contribution in [0.3, 0.4) is 0 Å². The quantitative estimate of drug-likeness (QED) is 0.559. The standard InChI is InChI=1S/C11H17N3O4/c1-8-5-11(13-6-10(8)14(16)17)12-4-3-9(15)7-18-2/h5-6,9,15H,3-4,7H2,1-2H3,(H,12,13). The van der Waals surface area contributed by atoms with Crippen LogP contribution in [0.25, 0.3) is 0 Å². The Labute approximate surface area is 105 Å². The van der Waals surface area contributed by atoms with E-state index in [1.807, 2.05) is 0 Å². The predicted molar refractivity (Wildman–Crippen MR) is 66.6 cm³/mol. The smallest absolute Gasteiger partial charge is 0.290 e. The summed E-state index contributed by atoms with van der Waals surface area (Å²) in [4.78, 5) is 14.1. The molecule has 1 aromatic heterocycles. The molecule has 0 amide bonds. The molecule has 0 fully saturated rings. The van der Waals surface area contributed by atoms with Crippen LogP contribution in [-0.4, -0.2) is 41.4 Å². The summed E-state index contributed by atoms with van der Waals surface area (Å²) in [6.45, 7) is 2.47. The summed E-state index contributed by atoms with van der Waals surface area (Å²) in [5.41, 5.74) is 0.551. The zero-order chi connectivity index (χ0) is 13.5. The number of pyridine rings is 1. The van der Waals surface area contributed by atoms with Crippen LogP contribution in [0, 0.1) is 17.0 Å². The maximum Gasteiger partial charge on any atom is 0.290 e. The van der Waals surface area contributed by atoms with Gasteiger partial charge < -0.3 is 15.2 Å². The van der Waals surface area contributed by atoms with Crippen LogP contribution >= 0.6 is 0 Å². The third-order valence-electron chi connectivity index (χ3n) is 2.42. The summed E-state index contributed by atoms with van der Waals surface area (Å²) in [5, 5.41) is 23.0. The Balaban J connectivity index is 2.49. The monoisotopic (exact) mass is 255 g/mol. The molecule has 1 rings (SSSR count). The largest absolute Gasteiger partial charge is 0.391 e. The number of hydrogen-bond donors (Lipinski definition) is 2. The predicted octanol–water partition coefficient (Wildman–Crippen LogP) is 1.11. The van der Waals surface area contributed by atoms with Crippen molar-refractivity contribution in [3.05, 3.63) is 27.9 Å². The molecule has 7 nitrogen and oxygen atoms in total. The van der Waals surface area contributed by atoms with E-state index in [0.717, 1.165) is 0 Å². The lowest BCUT2D eigenvalue weighted by molar-refractivity contribution is -0.385. The van der Waals surface area contributed by atoms with Gasteiger partial charge in [0, 0.05) is 19.2 Å². The molecular formula is C11H17N3O4. The highest BCUT2D eigenvalue weighted by Gasteiger charge is 2.11. The van der Waals surface area contributed by atoms with E-state index in [0.29, 0.717) is 24.3 Å². The Morgan fingerprint density at radius 1 is 1.67 bits per heavy atom. The van der Waals surface area contributed by atoms with Gasteiger partial charge >= 0.3 is 0 Å². The fourth-order valence-electron chi connectivity index (χ4n) is 1.48. The third kappa shape index (κ3) is 4.27. The Morgan fingerprint density at radius 3 is 2.94 bits per heavy atom. The number of hydrogen-bond acceptors (Lipinski definition) is 6. The molecule has 1 heterocycles. The van der Waals surface area contributed by atoms with Crippen LogP contribution < -0.4 is 5.32 Å². The van der Waals surface area contributed by atoms with Gasteiger partial charge in [0.2, 0.25) is 0 Å². The minimum Gasteiger partial charge on any atom is -0.391 e. The summed E-state index contributed by atoms with van der Waals surface area (Å²) in [5.74, 6) is 0.558. The third-order valence-corrected chi connectivity index (χ3v) is 2.42. The molecule has 0 radical (unpaired) electrons. The maximum atomic E-state index is 10.6. The average molecular weight is 255 g/mol. The van der Waals surface area contributed by atoms with Crippen LogP contribution in [0.4, 0.5) is 11.5 Å². The van der Waals surface area contributed by atoms with Gasteiger partial charge in [0.1, 0.15) is 12.0 Å². The van der Waals surface area contributed by atoms with Crippen LogP contribution in [0.2, 0.25) is 0 Å². The first kappa shape index (κ1) is 14.3.